The standard InChI is InChI=1S/C10H12N2.C10H14/c1-7(2)8-3-4-9-10(5-8)12-6-11-9;1-8(2)10-6-4-9(3)5-7-10/h3-5,7H,6H2,1-2H3;4-8H,1-3H3. The molecule has 0 N–H and O–H groups in total. The maximum atomic E-state index is 4.28. The van der Waals surface area contributed by atoms with Crippen LogP contribution in [0.5, 0.6) is 0 Å². The summed E-state index contributed by atoms with van der Waals surface area (Å²) in [5.41, 5.74) is 4.10. The Labute approximate surface area is 133 Å². The van der Waals surface area contributed by atoms with Crippen molar-refractivity contribution in [3.05, 3.63) is 69.9 Å². The summed E-state index contributed by atoms with van der Waals surface area (Å²) in [5.74, 6) is 1.23. The Kier molecular flexibility index (Phi) is 5.48. The van der Waals surface area contributed by atoms with Crippen LogP contribution < -0.4 is 10.7 Å². The van der Waals surface area contributed by atoms with Gasteiger partial charge in [0, 0.05) is 0 Å². The van der Waals surface area contributed by atoms with Gasteiger partial charge in [-0.3, -0.25) is 9.98 Å². The van der Waals surface area contributed by atoms with Crippen LogP contribution in [0.4, 0.5) is 0 Å². The molecule has 1 heterocycles. The van der Waals surface area contributed by atoms with Gasteiger partial charge >= 0.3 is 0 Å². The van der Waals surface area contributed by atoms with Gasteiger partial charge in [0.1, 0.15) is 6.67 Å². The summed E-state index contributed by atoms with van der Waals surface area (Å²) in [7, 11) is 0. The fourth-order valence-electron chi connectivity index (χ4n) is 2.30. The fourth-order valence-corrected chi connectivity index (χ4v) is 2.30. The van der Waals surface area contributed by atoms with Crippen LogP contribution >= 0.6 is 0 Å². The number of aryl methyl sites for hydroxylation is 1. The second-order valence-electron chi connectivity index (χ2n) is 6.43. The molecule has 116 valence electrons. The molecule has 0 saturated heterocycles. The summed E-state index contributed by atoms with van der Waals surface area (Å²) < 4.78 is 0. The maximum absolute atomic E-state index is 4.28. The van der Waals surface area contributed by atoms with Crippen molar-refractivity contribution >= 4 is 0 Å². The lowest BCUT2D eigenvalue weighted by atomic mass is 10.0. The van der Waals surface area contributed by atoms with Gasteiger partial charge < -0.3 is 0 Å². The smallest absolute Gasteiger partial charge is 0.130 e. The Bertz CT molecular complexity index is 725. The minimum absolute atomic E-state index is 0.575. The predicted molar refractivity (Wildman–Crippen MR) is 93.0 cm³/mol. The molecule has 0 aromatic heterocycles. The van der Waals surface area contributed by atoms with Crippen molar-refractivity contribution in [2.24, 2.45) is 9.98 Å². The Morgan fingerprint density at radius 2 is 1.27 bits per heavy atom. The van der Waals surface area contributed by atoms with E-state index in [2.05, 4.69) is 87.1 Å². The number of hydrogen-bond acceptors (Lipinski definition) is 2. The third-order valence-corrected chi connectivity index (χ3v) is 3.89. The Morgan fingerprint density at radius 3 is 1.86 bits per heavy atom. The van der Waals surface area contributed by atoms with Crippen molar-refractivity contribution in [3.63, 3.8) is 0 Å². The number of benzene rings is 2. The highest BCUT2D eigenvalue weighted by atomic mass is 15.0. The lowest BCUT2D eigenvalue weighted by Gasteiger charge is -2.03. The van der Waals surface area contributed by atoms with Gasteiger partial charge in [0.15, 0.2) is 0 Å². The maximum Gasteiger partial charge on any atom is 0.130 e. The first kappa shape index (κ1) is 16.4. The van der Waals surface area contributed by atoms with E-state index >= 15 is 0 Å². The normalized spacial score (nSPS) is 12.3. The summed E-state index contributed by atoms with van der Waals surface area (Å²) in [6.45, 7) is 11.5. The molecule has 0 amide bonds. The molecule has 0 bridgehead atoms. The molecule has 0 aliphatic carbocycles. The van der Waals surface area contributed by atoms with Gasteiger partial charge in [-0.05, 0) is 42.0 Å². The zero-order valence-corrected chi connectivity index (χ0v) is 14.3. The highest BCUT2D eigenvalue weighted by Gasteiger charge is 2.01. The topological polar surface area (TPSA) is 24.7 Å². The van der Waals surface area contributed by atoms with E-state index in [0.717, 1.165) is 10.7 Å². The van der Waals surface area contributed by atoms with Gasteiger partial charge in [0.25, 0.3) is 0 Å². The van der Waals surface area contributed by atoms with Gasteiger partial charge in [0.2, 0.25) is 0 Å². The van der Waals surface area contributed by atoms with Crippen molar-refractivity contribution in [2.45, 2.75) is 46.5 Å². The quantitative estimate of drug-likeness (QED) is 0.795. The van der Waals surface area contributed by atoms with Crippen LogP contribution in [0.3, 0.4) is 0 Å². The van der Waals surface area contributed by atoms with E-state index < -0.39 is 0 Å². The molecule has 2 aromatic rings. The zero-order valence-electron chi connectivity index (χ0n) is 14.3. The number of rotatable bonds is 2. The van der Waals surface area contributed by atoms with Crippen LogP contribution in [-0.2, 0) is 0 Å². The van der Waals surface area contributed by atoms with Gasteiger partial charge in [-0.15, -0.1) is 0 Å². The molecule has 0 atom stereocenters. The van der Waals surface area contributed by atoms with Crippen LogP contribution in [-0.4, -0.2) is 6.67 Å². The van der Waals surface area contributed by atoms with E-state index in [-0.39, 0.29) is 0 Å². The lowest BCUT2D eigenvalue weighted by Crippen LogP contribution is -2.21. The SMILES string of the molecule is CC(C)c1ccc2c(c1)=NCN=2.Cc1ccc(C(C)C)cc1. The summed E-state index contributed by atoms with van der Waals surface area (Å²) in [4.78, 5) is 8.51. The Morgan fingerprint density at radius 1 is 0.727 bits per heavy atom. The first-order valence-corrected chi connectivity index (χ1v) is 8.03. The summed E-state index contributed by atoms with van der Waals surface area (Å²) in [5, 5.41) is 2.10. The highest BCUT2D eigenvalue weighted by Crippen LogP contribution is 2.13. The van der Waals surface area contributed by atoms with Gasteiger partial charge in [-0.1, -0.05) is 63.6 Å². The third-order valence-electron chi connectivity index (χ3n) is 3.89. The molecule has 22 heavy (non-hydrogen) atoms. The van der Waals surface area contributed by atoms with Gasteiger partial charge in [-0.2, -0.15) is 0 Å². The van der Waals surface area contributed by atoms with Crippen molar-refractivity contribution in [3.8, 4) is 0 Å². The number of hydrogen-bond donors (Lipinski definition) is 0. The van der Waals surface area contributed by atoms with Crippen LogP contribution in [0.2, 0.25) is 0 Å². The molecule has 1 aliphatic rings. The van der Waals surface area contributed by atoms with Crippen LogP contribution in [0.1, 0.15) is 56.2 Å². The summed E-state index contributed by atoms with van der Waals surface area (Å²) in [6.07, 6.45) is 0. The molecule has 2 heteroatoms. The van der Waals surface area contributed by atoms with E-state index in [1.807, 2.05) is 0 Å². The van der Waals surface area contributed by atoms with Crippen molar-refractivity contribution in [1.82, 2.24) is 0 Å². The van der Waals surface area contributed by atoms with E-state index in [0.29, 0.717) is 18.5 Å². The minimum atomic E-state index is 0.575. The minimum Gasteiger partial charge on any atom is -0.260 e. The van der Waals surface area contributed by atoms with Crippen LogP contribution in [0.15, 0.2) is 52.4 Å². The molecular weight excluding hydrogens is 268 g/mol. The Balaban J connectivity index is 0.000000164. The molecular formula is C20H26N2. The van der Waals surface area contributed by atoms with E-state index in [1.165, 1.54) is 16.7 Å². The van der Waals surface area contributed by atoms with Crippen LogP contribution in [0, 0.1) is 6.92 Å². The highest BCUT2D eigenvalue weighted by molar-refractivity contribution is 5.23. The Hall–Kier alpha value is -1.96. The van der Waals surface area contributed by atoms with Crippen molar-refractivity contribution in [1.29, 1.82) is 0 Å². The molecule has 0 spiro atoms. The largest absolute Gasteiger partial charge is 0.260 e. The first-order chi connectivity index (χ1) is 10.5. The molecule has 0 saturated carbocycles. The molecule has 2 aromatic carbocycles. The van der Waals surface area contributed by atoms with E-state index in [9.17, 15) is 0 Å². The van der Waals surface area contributed by atoms with Crippen molar-refractivity contribution < 1.29 is 0 Å². The van der Waals surface area contributed by atoms with Crippen LogP contribution in [0.25, 0.3) is 0 Å². The summed E-state index contributed by atoms with van der Waals surface area (Å²) in [6, 6.07) is 15.0. The summed E-state index contributed by atoms with van der Waals surface area (Å²) >= 11 is 0. The van der Waals surface area contributed by atoms with Gasteiger partial charge in [0.05, 0.1) is 10.7 Å². The third kappa shape index (κ3) is 4.27. The molecule has 2 nitrogen and oxygen atoms in total. The van der Waals surface area contributed by atoms with E-state index in [1.54, 1.807) is 0 Å². The average Bonchev–Trinajstić information content (AvgIpc) is 2.95. The fraction of sp³-hybridized carbons (Fsp3) is 0.400. The number of fused-ring (bicyclic) bond motifs is 1. The monoisotopic (exact) mass is 294 g/mol. The van der Waals surface area contributed by atoms with Crippen molar-refractivity contribution in [2.75, 3.05) is 6.67 Å². The zero-order chi connectivity index (χ0) is 16.1. The lowest BCUT2D eigenvalue weighted by molar-refractivity contribution is 0.863. The second-order valence-corrected chi connectivity index (χ2v) is 6.43. The first-order valence-electron chi connectivity index (χ1n) is 8.03. The molecule has 3 rings (SSSR count). The van der Waals surface area contributed by atoms with Gasteiger partial charge in [-0.25, -0.2) is 0 Å². The molecule has 0 unspecified atom stereocenters. The van der Waals surface area contributed by atoms with E-state index in [4.69, 9.17) is 0 Å². The second kappa shape index (κ2) is 7.35. The number of nitrogens with zero attached hydrogens (tertiary/aromatic N) is 2. The molecule has 1 aliphatic heterocycles. The molecule has 0 radical (unpaired) electrons. The molecule has 0 fully saturated rings. The predicted octanol–water partition coefficient (Wildman–Crippen LogP) is 4.14. The average molecular weight is 294 g/mol.